The molecule has 0 saturated heterocycles. The molecule has 2 aromatic carbocycles. The lowest BCUT2D eigenvalue weighted by Crippen LogP contribution is -2.27. The molecule has 0 aliphatic carbocycles. The highest BCUT2D eigenvalue weighted by molar-refractivity contribution is 5.88. The number of hydrogen-bond acceptors (Lipinski definition) is 2. The summed E-state index contributed by atoms with van der Waals surface area (Å²) in [5.74, 6) is 0.895. The van der Waals surface area contributed by atoms with Crippen LogP contribution in [0.2, 0.25) is 0 Å². The average Bonchev–Trinajstić information content (AvgIpc) is 2.99. The summed E-state index contributed by atoms with van der Waals surface area (Å²) in [7, 11) is 0. The van der Waals surface area contributed by atoms with Crippen molar-refractivity contribution in [3.63, 3.8) is 0 Å². The summed E-state index contributed by atoms with van der Waals surface area (Å²) < 4.78 is 5.60. The van der Waals surface area contributed by atoms with E-state index in [0.29, 0.717) is 19.6 Å². The van der Waals surface area contributed by atoms with Gasteiger partial charge in [-0.3, -0.25) is 4.79 Å². The number of para-hydroxylation sites is 2. The number of amides is 1. The molecule has 0 aliphatic rings. The molecule has 23 heavy (non-hydrogen) atoms. The lowest BCUT2D eigenvalue weighted by Gasteiger charge is -2.07. The minimum absolute atomic E-state index is 0.0365. The Balaban J connectivity index is 1.40. The molecule has 1 heterocycles. The average molecular weight is 308 g/mol. The van der Waals surface area contributed by atoms with Crippen LogP contribution in [-0.4, -0.2) is 24.0 Å². The highest BCUT2D eigenvalue weighted by Crippen LogP contribution is 2.17. The summed E-state index contributed by atoms with van der Waals surface area (Å²) in [5, 5.41) is 4.05. The molecule has 0 atom stereocenters. The number of ether oxygens (including phenoxy) is 1. The third-order valence-electron chi connectivity index (χ3n) is 3.68. The molecule has 1 aromatic heterocycles. The van der Waals surface area contributed by atoms with Gasteiger partial charge in [0.05, 0.1) is 13.0 Å². The second-order valence-corrected chi connectivity index (χ2v) is 5.40. The first-order valence-corrected chi connectivity index (χ1v) is 7.82. The Kier molecular flexibility index (Phi) is 4.94. The maximum Gasteiger partial charge on any atom is 0.224 e. The first kappa shape index (κ1) is 15.2. The van der Waals surface area contributed by atoms with Gasteiger partial charge in [-0.25, -0.2) is 0 Å². The van der Waals surface area contributed by atoms with Crippen LogP contribution in [0.25, 0.3) is 10.9 Å². The normalized spacial score (nSPS) is 10.6. The van der Waals surface area contributed by atoms with E-state index in [2.05, 4.69) is 10.3 Å². The van der Waals surface area contributed by atoms with Crippen LogP contribution in [0, 0.1) is 0 Å². The monoisotopic (exact) mass is 308 g/mol. The Labute approximate surface area is 135 Å². The number of hydrogen-bond donors (Lipinski definition) is 2. The number of rotatable bonds is 7. The fraction of sp³-hybridized carbons (Fsp3) is 0.211. The van der Waals surface area contributed by atoms with E-state index < -0.39 is 0 Å². The molecule has 0 bridgehead atoms. The van der Waals surface area contributed by atoms with Crippen LogP contribution in [0.1, 0.15) is 12.0 Å². The predicted molar refractivity (Wildman–Crippen MR) is 91.6 cm³/mol. The van der Waals surface area contributed by atoms with Crippen molar-refractivity contribution in [1.82, 2.24) is 10.3 Å². The quantitative estimate of drug-likeness (QED) is 0.658. The van der Waals surface area contributed by atoms with Crippen LogP contribution >= 0.6 is 0 Å². The van der Waals surface area contributed by atoms with Gasteiger partial charge in [-0.2, -0.15) is 0 Å². The van der Waals surface area contributed by atoms with Gasteiger partial charge in [0.25, 0.3) is 0 Å². The van der Waals surface area contributed by atoms with E-state index in [-0.39, 0.29) is 5.91 Å². The predicted octanol–water partition coefficient (Wildman–Crippen LogP) is 3.30. The minimum Gasteiger partial charge on any atom is -0.494 e. The van der Waals surface area contributed by atoms with Gasteiger partial charge in [0.2, 0.25) is 5.91 Å². The number of benzene rings is 2. The molecule has 1 amide bonds. The summed E-state index contributed by atoms with van der Waals surface area (Å²) >= 11 is 0. The minimum atomic E-state index is 0.0365. The molecule has 3 rings (SSSR count). The zero-order valence-corrected chi connectivity index (χ0v) is 12.9. The van der Waals surface area contributed by atoms with E-state index in [9.17, 15) is 4.79 Å². The number of fused-ring (bicyclic) bond motifs is 1. The van der Waals surface area contributed by atoms with Crippen LogP contribution in [0.15, 0.2) is 60.8 Å². The van der Waals surface area contributed by atoms with E-state index in [1.807, 2.05) is 60.8 Å². The van der Waals surface area contributed by atoms with Crippen molar-refractivity contribution in [2.45, 2.75) is 12.8 Å². The third-order valence-corrected chi connectivity index (χ3v) is 3.68. The molecule has 0 spiro atoms. The molecular weight excluding hydrogens is 288 g/mol. The van der Waals surface area contributed by atoms with Crippen molar-refractivity contribution in [2.75, 3.05) is 13.2 Å². The Morgan fingerprint density at radius 2 is 1.83 bits per heavy atom. The van der Waals surface area contributed by atoms with Crippen molar-refractivity contribution in [2.24, 2.45) is 0 Å². The van der Waals surface area contributed by atoms with Gasteiger partial charge in [0.1, 0.15) is 5.75 Å². The Morgan fingerprint density at radius 1 is 1.04 bits per heavy atom. The fourth-order valence-electron chi connectivity index (χ4n) is 2.52. The zero-order valence-electron chi connectivity index (χ0n) is 12.9. The largest absolute Gasteiger partial charge is 0.494 e. The number of H-pyrrole nitrogens is 1. The van der Waals surface area contributed by atoms with Crippen LogP contribution in [0.4, 0.5) is 0 Å². The van der Waals surface area contributed by atoms with Crippen molar-refractivity contribution in [1.29, 1.82) is 0 Å². The Morgan fingerprint density at radius 3 is 2.70 bits per heavy atom. The van der Waals surface area contributed by atoms with E-state index in [4.69, 9.17) is 4.74 Å². The summed E-state index contributed by atoms with van der Waals surface area (Å²) in [4.78, 5) is 15.2. The lowest BCUT2D eigenvalue weighted by atomic mass is 10.1. The third kappa shape index (κ3) is 4.13. The van der Waals surface area contributed by atoms with Crippen LogP contribution in [0.3, 0.4) is 0 Å². The van der Waals surface area contributed by atoms with Gasteiger partial charge >= 0.3 is 0 Å². The van der Waals surface area contributed by atoms with E-state index in [1.165, 1.54) is 0 Å². The number of nitrogens with one attached hydrogen (secondary N) is 2. The van der Waals surface area contributed by atoms with Crippen LogP contribution < -0.4 is 10.1 Å². The van der Waals surface area contributed by atoms with Crippen LogP contribution in [-0.2, 0) is 11.2 Å². The van der Waals surface area contributed by atoms with Gasteiger partial charge in [0, 0.05) is 23.6 Å². The lowest BCUT2D eigenvalue weighted by molar-refractivity contribution is -0.120. The summed E-state index contributed by atoms with van der Waals surface area (Å²) in [6.45, 7) is 1.21. The number of carbonyl (C=O) groups is 1. The topological polar surface area (TPSA) is 54.1 Å². The molecule has 0 aliphatic heterocycles. The standard InChI is InChI=1S/C19H20N2O2/c22-19(13-15-14-21-18-10-5-4-9-17(15)18)20-11-6-12-23-16-7-2-1-3-8-16/h1-5,7-10,14,21H,6,11-13H2,(H,20,22). The van der Waals surface area contributed by atoms with Gasteiger partial charge in [-0.1, -0.05) is 36.4 Å². The van der Waals surface area contributed by atoms with Gasteiger partial charge in [-0.15, -0.1) is 0 Å². The summed E-state index contributed by atoms with van der Waals surface area (Å²) in [6, 6.07) is 17.7. The Hall–Kier alpha value is -2.75. The molecule has 0 saturated carbocycles. The van der Waals surface area contributed by atoms with E-state index >= 15 is 0 Å². The first-order valence-electron chi connectivity index (χ1n) is 7.82. The molecule has 3 aromatic rings. The molecule has 4 heteroatoms. The van der Waals surface area contributed by atoms with Crippen molar-refractivity contribution in [3.8, 4) is 5.75 Å². The van der Waals surface area contributed by atoms with Gasteiger partial charge in [0.15, 0.2) is 0 Å². The molecular formula is C19H20N2O2. The van der Waals surface area contributed by atoms with Crippen molar-refractivity contribution in [3.05, 3.63) is 66.4 Å². The van der Waals surface area contributed by atoms with Crippen molar-refractivity contribution < 1.29 is 9.53 Å². The van der Waals surface area contributed by atoms with Gasteiger partial charge < -0.3 is 15.0 Å². The van der Waals surface area contributed by atoms with Crippen LogP contribution in [0.5, 0.6) is 5.75 Å². The van der Waals surface area contributed by atoms with Gasteiger partial charge in [-0.05, 0) is 30.2 Å². The molecule has 0 radical (unpaired) electrons. The maximum absolute atomic E-state index is 12.0. The first-order chi connectivity index (χ1) is 11.3. The van der Waals surface area contributed by atoms with E-state index in [1.54, 1.807) is 0 Å². The second kappa shape index (κ2) is 7.49. The zero-order chi connectivity index (χ0) is 15.9. The maximum atomic E-state index is 12.0. The molecule has 4 nitrogen and oxygen atoms in total. The molecule has 2 N–H and O–H groups in total. The van der Waals surface area contributed by atoms with E-state index in [0.717, 1.165) is 28.6 Å². The highest BCUT2D eigenvalue weighted by atomic mass is 16.5. The smallest absolute Gasteiger partial charge is 0.224 e. The second-order valence-electron chi connectivity index (χ2n) is 5.40. The number of aromatic amines is 1. The summed E-state index contributed by atoms with van der Waals surface area (Å²) in [6.07, 6.45) is 3.08. The molecule has 0 unspecified atom stereocenters. The highest BCUT2D eigenvalue weighted by Gasteiger charge is 2.07. The number of aromatic nitrogens is 1. The van der Waals surface area contributed by atoms with Crippen molar-refractivity contribution >= 4 is 16.8 Å². The SMILES string of the molecule is O=C(Cc1c[nH]c2ccccc12)NCCCOc1ccccc1. The molecule has 118 valence electrons. The summed E-state index contributed by atoms with van der Waals surface area (Å²) in [5.41, 5.74) is 2.09. The fourth-order valence-corrected chi connectivity index (χ4v) is 2.52. The Bertz CT molecular complexity index is 765. The number of carbonyl (C=O) groups excluding carboxylic acids is 1. The molecule has 0 fully saturated rings.